The Hall–Kier alpha value is -2.11. The maximum Gasteiger partial charge on any atom is 0.359 e. The van der Waals surface area contributed by atoms with E-state index in [1.165, 1.54) is 27.6 Å². The van der Waals surface area contributed by atoms with E-state index in [9.17, 15) is 14.9 Å². The van der Waals surface area contributed by atoms with Gasteiger partial charge in [-0.15, -0.1) is 11.3 Å². The van der Waals surface area contributed by atoms with E-state index < -0.39 is 23.5 Å². The summed E-state index contributed by atoms with van der Waals surface area (Å²) in [6.45, 7) is 1.50. The molecule has 1 aliphatic carbocycles. The van der Waals surface area contributed by atoms with Gasteiger partial charge in [-0.05, 0) is 19.8 Å². The van der Waals surface area contributed by atoms with Crippen LogP contribution in [0.5, 0.6) is 0 Å². The highest BCUT2D eigenvalue weighted by molar-refractivity contribution is 7.15. The van der Waals surface area contributed by atoms with Crippen molar-refractivity contribution in [2.45, 2.75) is 50.7 Å². The van der Waals surface area contributed by atoms with Gasteiger partial charge in [0.05, 0.1) is 6.07 Å². The Kier molecular flexibility index (Phi) is 5.21. The van der Waals surface area contributed by atoms with E-state index >= 15 is 0 Å². The number of imidazole rings is 1. The van der Waals surface area contributed by atoms with Crippen molar-refractivity contribution in [1.29, 1.82) is 5.26 Å². The second-order valence-corrected chi connectivity index (χ2v) is 7.69. The number of nitriles is 1. The number of hydrogen-bond acceptors (Lipinski definition) is 6. The second kappa shape index (κ2) is 7.25. The number of aromatic nitrogens is 2. The van der Waals surface area contributed by atoms with Crippen LogP contribution in [0.3, 0.4) is 0 Å². The highest BCUT2D eigenvalue weighted by atomic mass is 35.5. The maximum atomic E-state index is 12.8. The van der Waals surface area contributed by atoms with Crippen LogP contribution in [0.1, 0.15) is 49.5 Å². The zero-order valence-corrected chi connectivity index (χ0v) is 16.1. The number of likely N-dealkylation sites (N-methyl/N-ethyl adjacent to an activating group) is 1. The van der Waals surface area contributed by atoms with E-state index in [4.69, 9.17) is 16.3 Å². The van der Waals surface area contributed by atoms with Gasteiger partial charge in [-0.2, -0.15) is 5.26 Å². The summed E-state index contributed by atoms with van der Waals surface area (Å²) in [5.74, 6) is -1.12. The summed E-state index contributed by atoms with van der Waals surface area (Å²) >= 11 is 7.37. The normalized spacial score (nSPS) is 17.5. The van der Waals surface area contributed by atoms with Crippen molar-refractivity contribution in [3.05, 3.63) is 22.4 Å². The lowest BCUT2D eigenvalue weighted by molar-refractivity contribution is -0.143. The fourth-order valence-corrected chi connectivity index (χ4v) is 4.36. The molecule has 1 aliphatic rings. The van der Waals surface area contributed by atoms with Gasteiger partial charge < -0.3 is 9.64 Å². The molecule has 0 bridgehead atoms. The van der Waals surface area contributed by atoms with Gasteiger partial charge in [0.1, 0.15) is 5.54 Å². The standard InChI is InChI=1S/C17H19ClN4O3S/c1-11(14(23)21(2)17(10-19)6-4-3-5-7-17)25-15(24)12-13(18)20-16-22(12)8-9-26-16/h8-9,11H,3-7H2,1-2H3/t11-/m0/s1. The summed E-state index contributed by atoms with van der Waals surface area (Å²) < 4.78 is 6.87. The maximum absolute atomic E-state index is 12.8. The molecule has 3 rings (SSSR count). The predicted molar refractivity (Wildman–Crippen MR) is 97.2 cm³/mol. The van der Waals surface area contributed by atoms with Crippen molar-refractivity contribution in [3.8, 4) is 6.07 Å². The monoisotopic (exact) mass is 394 g/mol. The Morgan fingerprint density at radius 2 is 2.15 bits per heavy atom. The zero-order valence-electron chi connectivity index (χ0n) is 14.6. The van der Waals surface area contributed by atoms with E-state index in [2.05, 4.69) is 11.1 Å². The fourth-order valence-electron chi connectivity index (χ4n) is 3.35. The van der Waals surface area contributed by atoms with Crippen LogP contribution in [0.25, 0.3) is 4.96 Å². The summed E-state index contributed by atoms with van der Waals surface area (Å²) in [7, 11) is 1.60. The SMILES string of the molecule is C[C@H](OC(=O)c1c(Cl)nc2sccn12)C(=O)N(C)C1(C#N)CCCCC1. The molecule has 7 nitrogen and oxygen atoms in total. The fraction of sp³-hybridized carbons (Fsp3) is 0.529. The molecule has 1 atom stereocenters. The average molecular weight is 395 g/mol. The summed E-state index contributed by atoms with van der Waals surface area (Å²) in [5, 5.41) is 11.4. The van der Waals surface area contributed by atoms with E-state index in [1.807, 2.05) is 0 Å². The third-order valence-corrected chi connectivity index (χ3v) is 5.93. The lowest BCUT2D eigenvalue weighted by Crippen LogP contribution is -2.53. The molecule has 1 saturated carbocycles. The van der Waals surface area contributed by atoms with Gasteiger partial charge in [0.2, 0.25) is 0 Å². The molecule has 2 aromatic heterocycles. The van der Waals surface area contributed by atoms with E-state index in [1.54, 1.807) is 18.6 Å². The number of esters is 1. The molecule has 138 valence electrons. The van der Waals surface area contributed by atoms with Crippen molar-refractivity contribution in [2.75, 3.05) is 7.05 Å². The van der Waals surface area contributed by atoms with E-state index in [0.717, 1.165) is 19.3 Å². The lowest BCUT2D eigenvalue weighted by Gasteiger charge is -2.39. The Balaban J connectivity index is 1.74. The first-order valence-electron chi connectivity index (χ1n) is 8.40. The molecule has 0 aliphatic heterocycles. The number of halogens is 1. The van der Waals surface area contributed by atoms with E-state index in [0.29, 0.717) is 17.8 Å². The molecular weight excluding hydrogens is 376 g/mol. The molecule has 0 unspecified atom stereocenters. The molecule has 0 radical (unpaired) electrons. The molecule has 1 amide bonds. The Bertz CT molecular complexity index is 878. The number of nitrogens with zero attached hydrogens (tertiary/aromatic N) is 4. The zero-order chi connectivity index (χ0) is 18.9. The number of carbonyl (C=O) groups is 2. The van der Waals surface area contributed by atoms with Crippen molar-refractivity contribution in [2.24, 2.45) is 0 Å². The Labute approximate surface area is 160 Å². The molecule has 1 fully saturated rings. The minimum atomic E-state index is -1.03. The van der Waals surface area contributed by atoms with Crippen LogP contribution in [0.2, 0.25) is 5.15 Å². The van der Waals surface area contributed by atoms with Crippen LogP contribution >= 0.6 is 22.9 Å². The van der Waals surface area contributed by atoms with Crippen LogP contribution < -0.4 is 0 Å². The van der Waals surface area contributed by atoms with Crippen LogP contribution in [0.15, 0.2) is 11.6 Å². The van der Waals surface area contributed by atoms with Crippen molar-refractivity contribution >= 4 is 39.8 Å². The molecule has 2 aromatic rings. The minimum Gasteiger partial charge on any atom is -0.448 e. The number of carbonyl (C=O) groups excluding carboxylic acids is 2. The first-order chi connectivity index (χ1) is 12.4. The van der Waals surface area contributed by atoms with Gasteiger partial charge in [0.15, 0.2) is 21.9 Å². The number of fused-ring (bicyclic) bond motifs is 1. The number of amides is 1. The quantitative estimate of drug-likeness (QED) is 0.742. The van der Waals surface area contributed by atoms with Crippen molar-refractivity contribution in [3.63, 3.8) is 0 Å². The molecule has 26 heavy (non-hydrogen) atoms. The van der Waals surface area contributed by atoms with Gasteiger partial charge >= 0.3 is 5.97 Å². The van der Waals surface area contributed by atoms with Crippen LogP contribution in [-0.4, -0.2) is 44.9 Å². The summed E-state index contributed by atoms with van der Waals surface area (Å²) in [6, 6.07) is 2.29. The van der Waals surface area contributed by atoms with Gasteiger partial charge in [-0.1, -0.05) is 30.9 Å². The number of rotatable bonds is 4. The van der Waals surface area contributed by atoms with E-state index in [-0.39, 0.29) is 10.8 Å². The third-order valence-electron chi connectivity index (χ3n) is 4.91. The molecule has 0 saturated heterocycles. The predicted octanol–water partition coefficient (Wildman–Crippen LogP) is 3.28. The van der Waals surface area contributed by atoms with Gasteiger partial charge in [-0.25, -0.2) is 9.78 Å². The second-order valence-electron chi connectivity index (χ2n) is 6.46. The summed E-state index contributed by atoms with van der Waals surface area (Å²) in [5.41, 5.74) is -0.733. The number of hydrogen-bond donors (Lipinski definition) is 0. The van der Waals surface area contributed by atoms with Gasteiger partial charge in [-0.3, -0.25) is 9.20 Å². The Morgan fingerprint density at radius 3 is 2.81 bits per heavy atom. The molecule has 2 heterocycles. The minimum absolute atomic E-state index is 0.0376. The first kappa shape index (κ1) is 18.7. The molecule has 0 spiro atoms. The van der Waals surface area contributed by atoms with Gasteiger partial charge in [0, 0.05) is 18.6 Å². The smallest absolute Gasteiger partial charge is 0.359 e. The van der Waals surface area contributed by atoms with Crippen LogP contribution in [0, 0.1) is 11.3 Å². The average Bonchev–Trinajstić information content (AvgIpc) is 3.20. The Morgan fingerprint density at radius 1 is 1.46 bits per heavy atom. The lowest BCUT2D eigenvalue weighted by atomic mass is 9.81. The topological polar surface area (TPSA) is 87.7 Å². The van der Waals surface area contributed by atoms with Crippen molar-refractivity contribution in [1.82, 2.24) is 14.3 Å². The van der Waals surface area contributed by atoms with Crippen LogP contribution in [-0.2, 0) is 9.53 Å². The molecule has 9 heteroatoms. The molecule has 0 N–H and O–H groups in total. The summed E-state index contributed by atoms with van der Waals surface area (Å²) in [6.07, 6.45) is 4.78. The molecular formula is C17H19ClN4O3S. The van der Waals surface area contributed by atoms with Crippen LogP contribution in [0.4, 0.5) is 0 Å². The van der Waals surface area contributed by atoms with Crippen molar-refractivity contribution < 1.29 is 14.3 Å². The number of thiazole rings is 1. The highest BCUT2D eigenvalue weighted by Crippen LogP contribution is 2.33. The summed E-state index contributed by atoms with van der Waals surface area (Å²) in [4.78, 5) is 31.3. The molecule has 0 aromatic carbocycles. The van der Waals surface area contributed by atoms with Gasteiger partial charge in [0.25, 0.3) is 5.91 Å². The highest BCUT2D eigenvalue weighted by Gasteiger charge is 2.41. The third kappa shape index (κ3) is 3.17. The number of ether oxygens (including phenoxy) is 1. The largest absolute Gasteiger partial charge is 0.448 e. The first-order valence-corrected chi connectivity index (χ1v) is 9.66.